The number of nitrogen functional groups attached to an aromatic ring is 1. The molecule has 0 aromatic heterocycles. The minimum Gasteiger partial charge on any atom is -0.508 e. The Morgan fingerprint density at radius 2 is 1.88 bits per heavy atom. The molecule has 0 heterocycles. The van der Waals surface area contributed by atoms with Gasteiger partial charge >= 0.3 is 0 Å². The monoisotopic (exact) mass is 215 g/mol. The summed E-state index contributed by atoms with van der Waals surface area (Å²) in [6.45, 7) is 0. The van der Waals surface area contributed by atoms with Gasteiger partial charge in [-0.25, -0.2) is 0 Å². The van der Waals surface area contributed by atoms with E-state index in [0.717, 1.165) is 11.1 Å². The summed E-state index contributed by atoms with van der Waals surface area (Å²) in [6.07, 6.45) is 0. The van der Waals surface area contributed by atoms with Gasteiger partial charge in [-0.3, -0.25) is 0 Å². The second-order valence-electron chi connectivity index (χ2n) is 3.48. The van der Waals surface area contributed by atoms with Gasteiger partial charge in [-0.15, -0.1) is 0 Å². The topological polar surface area (TPSA) is 55.5 Å². The first kappa shape index (κ1) is 10.4. The molecule has 3 N–H and O–H groups in total. The molecule has 16 heavy (non-hydrogen) atoms. The summed E-state index contributed by atoms with van der Waals surface area (Å²) in [5.74, 6) is 0.857. The van der Waals surface area contributed by atoms with E-state index in [1.165, 1.54) is 0 Å². The van der Waals surface area contributed by atoms with Crippen LogP contribution in [0.3, 0.4) is 0 Å². The fourth-order valence-electron chi connectivity index (χ4n) is 1.68. The number of rotatable bonds is 2. The third kappa shape index (κ3) is 1.80. The molecule has 0 aliphatic carbocycles. The Bertz CT molecular complexity index is 509. The van der Waals surface area contributed by atoms with Crippen LogP contribution in [-0.2, 0) is 0 Å². The molecule has 0 fully saturated rings. The van der Waals surface area contributed by atoms with Crippen LogP contribution in [-0.4, -0.2) is 12.2 Å². The molecule has 0 saturated heterocycles. The zero-order chi connectivity index (χ0) is 11.5. The molecule has 3 nitrogen and oxygen atoms in total. The van der Waals surface area contributed by atoms with Gasteiger partial charge in [0.15, 0.2) is 0 Å². The van der Waals surface area contributed by atoms with Crippen LogP contribution in [0, 0.1) is 0 Å². The molecule has 0 aliphatic heterocycles. The average Bonchev–Trinajstić information content (AvgIpc) is 2.28. The van der Waals surface area contributed by atoms with Crippen molar-refractivity contribution in [3.63, 3.8) is 0 Å². The van der Waals surface area contributed by atoms with E-state index in [4.69, 9.17) is 10.5 Å². The maximum atomic E-state index is 9.44. The summed E-state index contributed by atoms with van der Waals surface area (Å²) < 4.78 is 5.26. The summed E-state index contributed by atoms with van der Waals surface area (Å²) in [4.78, 5) is 0. The first-order valence-electron chi connectivity index (χ1n) is 4.94. The van der Waals surface area contributed by atoms with Crippen LogP contribution in [0.4, 0.5) is 5.69 Å². The highest BCUT2D eigenvalue weighted by Gasteiger charge is 2.08. The molecule has 3 heteroatoms. The normalized spacial score (nSPS) is 10.1. The van der Waals surface area contributed by atoms with Crippen molar-refractivity contribution >= 4 is 5.69 Å². The average molecular weight is 215 g/mol. The first-order chi connectivity index (χ1) is 7.72. The lowest BCUT2D eigenvalue weighted by molar-refractivity contribution is 0.418. The summed E-state index contributed by atoms with van der Waals surface area (Å²) in [7, 11) is 1.58. The molecule has 2 aromatic carbocycles. The van der Waals surface area contributed by atoms with Gasteiger partial charge in [0, 0.05) is 5.56 Å². The highest BCUT2D eigenvalue weighted by molar-refractivity contribution is 5.77. The highest BCUT2D eigenvalue weighted by Crippen LogP contribution is 2.35. The van der Waals surface area contributed by atoms with Gasteiger partial charge in [0.25, 0.3) is 0 Å². The lowest BCUT2D eigenvalue weighted by Gasteiger charge is -2.11. The number of phenolic OH excluding ortho intramolecular Hbond substituents is 1. The van der Waals surface area contributed by atoms with Gasteiger partial charge < -0.3 is 15.6 Å². The van der Waals surface area contributed by atoms with Crippen LogP contribution < -0.4 is 10.5 Å². The van der Waals surface area contributed by atoms with Crippen molar-refractivity contribution < 1.29 is 9.84 Å². The number of anilines is 1. The van der Waals surface area contributed by atoms with Crippen molar-refractivity contribution in [2.75, 3.05) is 12.8 Å². The fraction of sp³-hybridized carbons (Fsp3) is 0.0769. The molecule has 0 saturated carbocycles. The standard InChI is InChI=1S/C13H13NO2/c1-16-13-11(6-3-7-12(13)14)9-4-2-5-10(15)8-9/h2-8,15H,14H2,1H3. The molecule has 0 aliphatic rings. The molecule has 0 radical (unpaired) electrons. The Kier molecular flexibility index (Phi) is 2.68. The van der Waals surface area contributed by atoms with Crippen molar-refractivity contribution in [1.82, 2.24) is 0 Å². The number of hydrogen-bond acceptors (Lipinski definition) is 3. The minimum absolute atomic E-state index is 0.224. The van der Waals surface area contributed by atoms with Crippen molar-refractivity contribution in [2.45, 2.75) is 0 Å². The number of aromatic hydroxyl groups is 1. The third-order valence-electron chi connectivity index (χ3n) is 2.41. The molecular formula is C13H13NO2. The molecule has 82 valence electrons. The van der Waals surface area contributed by atoms with Crippen molar-refractivity contribution in [1.29, 1.82) is 0 Å². The van der Waals surface area contributed by atoms with Gasteiger partial charge in [-0.2, -0.15) is 0 Å². The Balaban J connectivity index is 2.60. The van der Waals surface area contributed by atoms with Crippen molar-refractivity contribution in [3.05, 3.63) is 42.5 Å². The van der Waals surface area contributed by atoms with E-state index in [1.54, 1.807) is 31.4 Å². The van der Waals surface area contributed by atoms with Gasteiger partial charge in [0.05, 0.1) is 12.8 Å². The Hall–Kier alpha value is -2.16. The largest absolute Gasteiger partial charge is 0.508 e. The summed E-state index contributed by atoms with van der Waals surface area (Å²) >= 11 is 0. The van der Waals surface area contributed by atoms with Gasteiger partial charge in [0.1, 0.15) is 11.5 Å². The predicted molar refractivity (Wildman–Crippen MR) is 64.5 cm³/mol. The molecule has 2 aromatic rings. The van der Waals surface area contributed by atoms with Crippen molar-refractivity contribution in [2.24, 2.45) is 0 Å². The minimum atomic E-state index is 0.224. The zero-order valence-electron chi connectivity index (χ0n) is 8.97. The van der Waals surface area contributed by atoms with Crippen LogP contribution in [0.1, 0.15) is 0 Å². The van der Waals surface area contributed by atoms with E-state index < -0.39 is 0 Å². The number of benzene rings is 2. The fourth-order valence-corrected chi connectivity index (χ4v) is 1.68. The van der Waals surface area contributed by atoms with E-state index >= 15 is 0 Å². The lowest BCUT2D eigenvalue weighted by Crippen LogP contribution is -1.94. The predicted octanol–water partition coefficient (Wildman–Crippen LogP) is 2.65. The third-order valence-corrected chi connectivity index (χ3v) is 2.41. The molecule has 0 unspecified atom stereocenters. The molecule has 0 atom stereocenters. The van der Waals surface area contributed by atoms with E-state index in [9.17, 15) is 5.11 Å². The summed E-state index contributed by atoms with van der Waals surface area (Å²) in [5.41, 5.74) is 8.16. The van der Waals surface area contributed by atoms with Crippen LogP contribution in [0.15, 0.2) is 42.5 Å². The number of ether oxygens (including phenoxy) is 1. The number of para-hydroxylation sites is 1. The van der Waals surface area contributed by atoms with Crippen LogP contribution >= 0.6 is 0 Å². The summed E-state index contributed by atoms with van der Waals surface area (Å²) in [6, 6.07) is 12.5. The second kappa shape index (κ2) is 4.14. The van der Waals surface area contributed by atoms with Crippen LogP contribution in [0.25, 0.3) is 11.1 Å². The van der Waals surface area contributed by atoms with E-state index in [1.807, 2.05) is 18.2 Å². The zero-order valence-corrected chi connectivity index (χ0v) is 8.97. The van der Waals surface area contributed by atoms with E-state index in [2.05, 4.69) is 0 Å². The van der Waals surface area contributed by atoms with Gasteiger partial charge in [-0.1, -0.05) is 24.3 Å². The Morgan fingerprint density at radius 1 is 1.12 bits per heavy atom. The number of hydrogen-bond donors (Lipinski definition) is 2. The molecular weight excluding hydrogens is 202 g/mol. The quantitative estimate of drug-likeness (QED) is 0.757. The number of phenols is 1. The SMILES string of the molecule is COc1c(N)cccc1-c1cccc(O)c1. The van der Waals surface area contributed by atoms with Gasteiger partial charge in [0.2, 0.25) is 0 Å². The number of methoxy groups -OCH3 is 1. The molecule has 0 amide bonds. The number of nitrogens with two attached hydrogens (primary N) is 1. The first-order valence-corrected chi connectivity index (χ1v) is 4.94. The van der Waals surface area contributed by atoms with Crippen molar-refractivity contribution in [3.8, 4) is 22.6 Å². The lowest BCUT2D eigenvalue weighted by atomic mass is 10.0. The molecule has 0 spiro atoms. The maximum absolute atomic E-state index is 9.44. The molecule has 0 bridgehead atoms. The second-order valence-corrected chi connectivity index (χ2v) is 3.48. The van der Waals surface area contributed by atoms with Crippen LogP contribution in [0.2, 0.25) is 0 Å². The maximum Gasteiger partial charge on any atom is 0.149 e. The highest BCUT2D eigenvalue weighted by atomic mass is 16.5. The van der Waals surface area contributed by atoms with E-state index in [0.29, 0.717) is 11.4 Å². The molecule has 2 rings (SSSR count). The Morgan fingerprint density at radius 3 is 2.56 bits per heavy atom. The summed E-state index contributed by atoms with van der Waals surface area (Å²) in [5, 5.41) is 9.44. The van der Waals surface area contributed by atoms with Gasteiger partial charge in [-0.05, 0) is 23.8 Å². The van der Waals surface area contributed by atoms with E-state index in [-0.39, 0.29) is 5.75 Å². The smallest absolute Gasteiger partial charge is 0.149 e. The Labute approximate surface area is 94.1 Å². The van der Waals surface area contributed by atoms with Crippen LogP contribution in [0.5, 0.6) is 11.5 Å².